The highest BCUT2D eigenvalue weighted by molar-refractivity contribution is 4.87. The topological polar surface area (TPSA) is 38.0 Å². The predicted molar refractivity (Wildman–Crippen MR) is 71.6 cm³/mol. The highest BCUT2D eigenvalue weighted by atomic mass is 14.9. The first-order chi connectivity index (χ1) is 7.47. The lowest BCUT2D eigenvalue weighted by Gasteiger charge is -2.34. The Bertz CT molecular complexity index is 193. The van der Waals surface area contributed by atoms with E-state index in [-0.39, 0.29) is 5.54 Å². The molecule has 0 spiro atoms. The molecule has 1 saturated carbocycles. The van der Waals surface area contributed by atoms with Gasteiger partial charge in [0, 0.05) is 12.1 Å². The second kappa shape index (κ2) is 6.02. The Morgan fingerprint density at radius 1 is 1.19 bits per heavy atom. The van der Waals surface area contributed by atoms with Gasteiger partial charge in [-0.05, 0) is 37.6 Å². The van der Waals surface area contributed by atoms with Crippen LogP contribution in [0.15, 0.2) is 0 Å². The van der Waals surface area contributed by atoms with E-state index < -0.39 is 0 Å². The molecule has 0 heterocycles. The second-order valence-electron chi connectivity index (χ2n) is 6.37. The van der Waals surface area contributed by atoms with E-state index in [4.69, 9.17) is 5.73 Å². The summed E-state index contributed by atoms with van der Waals surface area (Å²) in [5.41, 5.74) is 6.97. The zero-order valence-electron chi connectivity index (χ0n) is 11.4. The van der Waals surface area contributed by atoms with Gasteiger partial charge in [-0.3, -0.25) is 0 Å². The summed E-state index contributed by atoms with van der Waals surface area (Å²) >= 11 is 0. The Hall–Kier alpha value is -0.0800. The van der Waals surface area contributed by atoms with Crippen LogP contribution in [-0.2, 0) is 0 Å². The Balaban J connectivity index is 2.15. The van der Waals surface area contributed by atoms with E-state index in [1.54, 1.807) is 0 Å². The molecule has 1 aliphatic rings. The highest BCUT2D eigenvalue weighted by Gasteiger charge is 2.26. The molecule has 1 fully saturated rings. The zero-order chi connectivity index (χ0) is 12.1. The molecule has 1 aliphatic carbocycles. The van der Waals surface area contributed by atoms with E-state index in [0.717, 1.165) is 19.5 Å². The summed E-state index contributed by atoms with van der Waals surface area (Å²) in [5.74, 6) is 0. The van der Waals surface area contributed by atoms with Gasteiger partial charge in [-0.1, -0.05) is 40.0 Å². The van der Waals surface area contributed by atoms with Crippen molar-refractivity contribution < 1.29 is 0 Å². The van der Waals surface area contributed by atoms with Gasteiger partial charge in [0.05, 0.1) is 0 Å². The van der Waals surface area contributed by atoms with Gasteiger partial charge in [0.15, 0.2) is 0 Å². The minimum absolute atomic E-state index is 0.140. The smallest absolute Gasteiger partial charge is 0.0166 e. The van der Waals surface area contributed by atoms with Crippen molar-refractivity contribution in [2.75, 3.05) is 13.1 Å². The number of nitrogens with one attached hydrogen (secondary N) is 1. The highest BCUT2D eigenvalue weighted by Crippen LogP contribution is 2.28. The third-order valence-corrected chi connectivity index (χ3v) is 4.21. The molecule has 0 aromatic rings. The quantitative estimate of drug-likeness (QED) is 0.683. The molecule has 2 nitrogen and oxygen atoms in total. The molecular formula is C14H30N2. The molecule has 0 bridgehead atoms. The SMILES string of the molecule is CCC(C)(C)CNCCC1(N)CCCCC1. The van der Waals surface area contributed by atoms with Crippen molar-refractivity contribution in [3.05, 3.63) is 0 Å². The minimum atomic E-state index is 0.140. The monoisotopic (exact) mass is 226 g/mol. The average molecular weight is 226 g/mol. The molecule has 0 aromatic heterocycles. The van der Waals surface area contributed by atoms with Gasteiger partial charge in [-0.15, -0.1) is 0 Å². The Morgan fingerprint density at radius 2 is 1.81 bits per heavy atom. The molecule has 0 amide bonds. The molecule has 0 atom stereocenters. The minimum Gasteiger partial charge on any atom is -0.325 e. The fourth-order valence-corrected chi connectivity index (χ4v) is 2.40. The standard InChI is InChI=1S/C14H30N2/c1-4-13(2,3)12-16-11-10-14(15)8-6-5-7-9-14/h16H,4-12,15H2,1-3H3. The van der Waals surface area contributed by atoms with Gasteiger partial charge in [0.2, 0.25) is 0 Å². The van der Waals surface area contributed by atoms with E-state index in [1.807, 2.05) is 0 Å². The van der Waals surface area contributed by atoms with Crippen molar-refractivity contribution in [3.8, 4) is 0 Å². The van der Waals surface area contributed by atoms with E-state index in [0.29, 0.717) is 5.41 Å². The van der Waals surface area contributed by atoms with Crippen molar-refractivity contribution in [3.63, 3.8) is 0 Å². The first-order valence-electron chi connectivity index (χ1n) is 6.97. The van der Waals surface area contributed by atoms with E-state index in [9.17, 15) is 0 Å². The molecule has 0 saturated heterocycles. The number of rotatable bonds is 6. The van der Waals surface area contributed by atoms with Gasteiger partial charge >= 0.3 is 0 Å². The van der Waals surface area contributed by atoms with E-state index in [1.165, 1.54) is 38.5 Å². The van der Waals surface area contributed by atoms with Gasteiger partial charge in [0.1, 0.15) is 0 Å². The summed E-state index contributed by atoms with van der Waals surface area (Å²) in [6.45, 7) is 9.09. The molecule has 16 heavy (non-hydrogen) atoms. The van der Waals surface area contributed by atoms with Crippen molar-refractivity contribution >= 4 is 0 Å². The third kappa shape index (κ3) is 4.84. The van der Waals surface area contributed by atoms with Gasteiger partial charge < -0.3 is 11.1 Å². The lowest BCUT2D eigenvalue weighted by atomic mass is 9.80. The summed E-state index contributed by atoms with van der Waals surface area (Å²) in [5, 5.41) is 3.57. The Labute approximate surface area is 101 Å². The van der Waals surface area contributed by atoms with Crippen LogP contribution >= 0.6 is 0 Å². The maximum absolute atomic E-state index is 6.40. The van der Waals surface area contributed by atoms with E-state index >= 15 is 0 Å². The fourth-order valence-electron chi connectivity index (χ4n) is 2.40. The summed E-state index contributed by atoms with van der Waals surface area (Å²) in [6.07, 6.45) is 8.88. The molecule has 2 heteroatoms. The summed E-state index contributed by atoms with van der Waals surface area (Å²) in [6, 6.07) is 0. The Kier molecular flexibility index (Phi) is 5.26. The molecule has 1 rings (SSSR count). The van der Waals surface area contributed by atoms with Crippen LogP contribution < -0.4 is 11.1 Å². The zero-order valence-corrected chi connectivity index (χ0v) is 11.4. The van der Waals surface area contributed by atoms with Crippen molar-refractivity contribution in [1.29, 1.82) is 0 Å². The van der Waals surface area contributed by atoms with E-state index in [2.05, 4.69) is 26.1 Å². The number of hydrogen-bond acceptors (Lipinski definition) is 2. The van der Waals surface area contributed by atoms with Crippen LogP contribution in [0.25, 0.3) is 0 Å². The maximum atomic E-state index is 6.40. The van der Waals surface area contributed by atoms with Crippen LogP contribution in [-0.4, -0.2) is 18.6 Å². The number of hydrogen-bond donors (Lipinski definition) is 2. The lowest BCUT2D eigenvalue weighted by Crippen LogP contribution is -2.44. The normalized spacial score (nSPS) is 21.0. The fraction of sp³-hybridized carbons (Fsp3) is 1.00. The van der Waals surface area contributed by atoms with Crippen LogP contribution in [0.4, 0.5) is 0 Å². The molecule has 0 aliphatic heterocycles. The molecule has 96 valence electrons. The third-order valence-electron chi connectivity index (χ3n) is 4.21. The molecular weight excluding hydrogens is 196 g/mol. The van der Waals surface area contributed by atoms with Crippen LogP contribution in [0.3, 0.4) is 0 Å². The molecule has 0 unspecified atom stereocenters. The van der Waals surface area contributed by atoms with Crippen LogP contribution in [0.1, 0.15) is 65.7 Å². The van der Waals surface area contributed by atoms with Crippen molar-refractivity contribution in [1.82, 2.24) is 5.32 Å². The molecule has 0 aromatic carbocycles. The average Bonchev–Trinajstić information content (AvgIpc) is 2.26. The van der Waals surface area contributed by atoms with Crippen LogP contribution in [0.2, 0.25) is 0 Å². The predicted octanol–water partition coefficient (Wildman–Crippen LogP) is 3.06. The van der Waals surface area contributed by atoms with Gasteiger partial charge in [0.25, 0.3) is 0 Å². The summed E-state index contributed by atoms with van der Waals surface area (Å²) < 4.78 is 0. The van der Waals surface area contributed by atoms with Gasteiger partial charge in [-0.25, -0.2) is 0 Å². The van der Waals surface area contributed by atoms with Crippen molar-refractivity contribution in [2.24, 2.45) is 11.1 Å². The molecule has 0 radical (unpaired) electrons. The van der Waals surface area contributed by atoms with Crippen LogP contribution in [0.5, 0.6) is 0 Å². The second-order valence-corrected chi connectivity index (χ2v) is 6.37. The first-order valence-corrected chi connectivity index (χ1v) is 6.97. The van der Waals surface area contributed by atoms with Crippen molar-refractivity contribution in [2.45, 2.75) is 71.3 Å². The lowest BCUT2D eigenvalue weighted by molar-refractivity contribution is 0.263. The molecule has 3 N–H and O–H groups in total. The summed E-state index contributed by atoms with van der Waals surface area (Å²) in [7, 11) is 0. The van der Waals surface area contributed by atoms with Crippen LogP contribution in [0, 0.1) is 5.41 Å². The Morgan fingerprint density at radius 3 is 2.38 bits per heavy atom. The largest absolute Gasteiger partial charge is 0.325 e. The number of nitrogens with two attached hydrogens (primary N) is 1. The maximum Gasteiger partial charge on any atom is 0.0166 e. The summed E-state index contributed by atoms with van der Waals surface area (Å²) in [4.78, 5) is 0. The first kappa shape index (κ1) is 14.0. The van der Waals surface area contributed by atoms with Gasteiger partial charge in [-0.2, -0.15) is 0 Å².